The number of carbonyl (C=O) groups is 2. The fourth-order valence-electron chi connectivity index (χ4n) is 2.40. The molecule has 0 aromatic heterocycles. The largest absolute Gasteiger partial charge is 0.494 e. The van der Waals surface area contributed by atoms with Crippen molar-refractivity contribution < 1.29 is 19.1 Å². The Morgan fingerprint density at radius 2 is 1.55 bits per heavy atom. The van der Waals surface area contributed by atoms with Gasteiger partial charge in [0.15, 0.2) is 0 Å². The van der Waals surface area contributed by atoms with E-state index in [9.17, 15) is 9.59 Å². The van der Waals surface area contributed by atoms with E-state index < -0.39 is 11.8 Å². The second kappa shape index (κ2) is 11.1. The minimum absolute atomic E-state index is 0.0605. The number of nitrogens with one attached hydrogen (secondary N) is 2. The van der Waals surface area contributed by atoms with Crippen LogP contribution in [0.1, 0.15) is 61.3 Å². The maximum absolute atomic E-state index is 12.3. The summed E-state index contributed by atoms with van der Waals surface area (Å²) in [5, 5.41) is 0. The van der Waals surface area contributed by atoms with E-state index in [1.54, 1.807) is 48.5 Å². The maximum Gasteiger partial charge on any atom is 0.269 e. The van der Waals surface area contributed by atoms with Gasteiger partial charge in [0, 0.05) is 11.1 Å². The molecule has 1 unspecified atom stereocenters. The average Bonchev–Trinajstić information content (AvgIpc) is 2.72. The van der Waals surface area contributed by atoms with E-state index in [-0.39, 0.29) is 6.10 Å². The molecule has 0 radical (unpaired) electrons. The third-order valence-corrected chi connectivity index (χ3v) is 4.38. The summed E-state index contributed by atoms with van der Waals surface area (Å²) in [6, 6.07) is 13.7. The summed E-state index contributed by atoms with van der Waals surface area (Å²) < 4.78 is 11.4. The van der Waals surface area contributed by atoms with Crippen LogP contribution in [0.4, 0.5) is 0 Å². The van der Waals surface area contributed by atoms with Gasteiger partial charge in [-0.05, 0) is 68.1 Å². The molecular formula is C23H30N2O4. The summed E-state index contributed by atoms with van der Waals surface area (Å²) in [5.41, 5.74) is 5.68. The van der Waals surface area contributed by atoms with Crippen molar-refractivity contribution in [3.05, 3.63) is 59.7 Å². The number of ether oxygens (including phenoxy) is 2. The van der Waals surface area contributed by atoms with E-state index in [1.165, 1.54) is 0 Å². The van der Waals surface area contributed by atoms with E-state index in [1.807, 2.05) is 13.8 Å². The highest BCUT2D eigenvalue weighted by atomic mass is 16.5. The molecule has 0 saturated carbocycles. The molecule has 6 nitrogen and oxygen atoms in total. The van der Waals surface area contributed by atoms with E-state index in [0.717, 1.165) is 12.8 Å². The molecule has 2 aromatic rings. The Labute approximate surface area is 172 Å². The van der Waals surface area contributed by atoms with Crippen LogP contribution in [-0.2, 0) is 0 Å². The first kappa shape index (κ1) is 22.3. The molecule has 0 aliphatic rings. The number of benzene rings is 2. The molecule has 0 saturated heterocycles. The average molecular weight is 399 g/mol. The molecule has 2 aromatic carbocycles. The highest BCUT2D eigenvalue weighted by molar-refractivity contribution is 5.99. The van der Waals surface area contributed by atoms with Crippen molar-refractivity contribution in [1.29, 1.82) is 0 Å². The molecular weight excluding hydrogens is 368 g/mol. The van der Waals surface area contributed by atoms with Crippen LogP contribution in [-0.4, -0.2) is 24.5 Å². The van der Waals surface area contributed by atoms with Crippen LogP contribution in [0.25, 0.3) is 0 Å². The van der Waals surface area contributed by atoms with Crippen LogP contribution >= 0.6 is 0 Å². The zero-order chi connectivity index (χ0) is 21.2. The van der Waals surface area contributed by atoms with Gasteiger partial charge in [-0.3, -0.25) is 20.4 Å². The van der Waals surface area contributed by atoms with E-state index >= 15 is 0 Å². The highest BCUT2D eigenvalue weighted by Crippen LogP contribution is 2.16. The molecule has 29 heavy (non-hydrogen) atoms. The predicted octanol–water partition coefficient (Wildman–Crippen LogP) is 4.36. The van der Waals surface area contributed by atoms with Crippen molar-refractivity contribution in [2.75, 3.05) is 6.61 Å². The Kier molecular flexibility index (Phi) is 8.52. The third-order valence-electron chi connectivity index (χ3n) is 4.38. The summed E-state index contributed by atoms with van der Waals surface area (Å²) in [5.74, 6) is 1.09. The Morgan fingerprint density at radius 1 is 0.897 bits per heavy atom. The number of rotatable bonds is 9. The first-order chi connectivity index (χ1) is 13.9. The van der Waals surface area contributed by atoms with E-state index in [2.05, 4.69) is 24.7 Å². The Bertz CT molecular complexity index is 803. The standard InChI is InChI=1S/C23H30N2O4/c1-5-17(4)29-21-8-6-7-19(15-21)23(27)25-24-22(26)18-9-11-20(12-10-18)28-14-13-16(2)3/h6-12,15-17H,5,13-14H2,1-4H3,(H,24,26)(H,25,27). The summed E-state index contributed by atoms with van der Waals surface area (Å²) in [6.07, 6.45) is 1.90. The number of amides is 2. The zero-order valence-electron chi connectivity index (χ0n) is 17.5. The lowest BCUT2D eigenvalue weighted by Gasteiger charge is -2.13. The number of carbonyl (C=O) groups excluding carboxylic acids is 2. The smallest absolute Gasteiger partial charge is 0.269 e. The van der Waals surface area contributed by atoms with Crippen LogP contribution in [0.15, 0.2) is 48.5 Å². The van der Waals surface area contributed by atoms with Crippen LogP contribution < -0.4 is 20.3 Å². The highest BCUT2D eigenvalue weighted by Gasteiger charge is 2.11. The van der Waals surface area contributed by atoms with Crippen LogP contribution in [0, 0.1) is 5.92 Å². The molecule has 0 spiro atoms. The number of hydrazine groups is 1. The lowest BCUT2D eigenvalue weighted by atomic mass is 10.1. The van der Waals surface area contributed by atoms with E-state index in [0.29, 0.717) is 35.2 Å². The first-order valence-electron chi connectivity index (χ1n) is 9.99. The fraction of sp³-hybridized carbons (Fsp3) is 0.391. The Morgan fingerprint density at radius 3 is 2.17 bits per heavy atom. The number of hydrogen-bond acceptors (Lipinski definition) is 4. The normalized spacial score (nSPS) is 11.6. The van der Waals surface area contributed by atoms with Gasteiger partial charge >= 0.3 is 0 Å². The maximum atomic E-state index is 12.3. The molecule has 2 rings (SSSR count). The minimum Gasteiger partial charge on any atom is -0.494 e. The van der Waals surface area contributed by atoms with Gasteiger partial charge in [0.2, 0.25) is 0 Å². The molecule has 0 fully saturated rings. The molecule has 1 atom stereocenters. The molecule has 6 heteroatoms. The van der Waals surface area contributed by atoms with Crippen LogP contribution in [0.3, 0.4) is 0 Å². The van der Waals surface area contributed by atoms with Gasteiger partial charge in [-0.25, -0.2) is 0 Å². The van der Waals surface area contributed by atoms with Crippen molar-refractivity contribution in [3.8, 4) is 11.5 Å². The Hall–Kier alpha value is -3.02. The molecule has 0 aliphatic carbocycles. The van der Waals surface area contributed by atoms with Gasteiger partial charge in [0.05, 0.1) is 12.7 Å². The predicted molar refractivity (Wildman–Crippen MR) is 113 cm³/mol. The van der Waals surface area contributed by atoms with Gasteiger partial charge < -0.3 is 9.47 Å². The molecule has 2 amide bonds. The summed E-state index contributed by atoms with van der Waals surface area (Å²) in [6.45, 7) is 8.91. The topological polar surface area (TPSA) is 76.7 Å². The second-order valence-corrected chi connectivity index (χ2v) is 7.33. The lowest BCUT2D eigenvalue weighted by molar-refractivity contribution is 0.0846. The minimum atomic E-state index is -0.415. The second-order valence-electron chi connectivity index (χ2n) is 7.33. The van der Waals surface area contributed by atoms with Crippen LogP contribution in [0.2, 0.25) is 0 Å². The SMILES string of the molecule is CCC(C)Oc1cccc(C(=O)NNC(=O)c2ccc(OCCC(C)C)cc2)c1. The fourth-order valence-corrected chi connectivity index (χ4v) is 2.40. The van der Waals surface area contributed by atoms with Gasteiger partial charge in [0.1, 0.15) is 11.5 Å². The lowest BCUT2D eigenvalue weighted by Crippen LogP contribution is -2.41. The molecule has 2 N–H and O–H groups in total. The molecule has 0 bridgehead atoms. The van der Waals surface area contributed by atoms with Gasteiger partial charge in [-0.1, -0.05) is 26.8 Å². The van der Waals surface area contributed by atoms with Gasteiger partial charge in [-0.15, -0.1) is 0 Å². The van der Waals surface area contributed by atoms with Crippen molar-refractivity contribution in [3.63, 3.8) is 0 Å². The van der Waals surface area contributed by atoms with Crippen molar-refractivity contribution in [2.24, 2.45) is 5.92 Å². The monoisotopic (exact) mass is 398 g/mol. The van der Waals surface area contributed by atoms with Crippen molar-refractivity contribution >= 4 is 11.8 Å². The van der Waals surface area contributed by atoms with Gasteiger partial charge in [-0.2, -0.15) is 0 Å². The first-order valence-corrected chi connectivity index (χ1v) is 9.99. The summed E-state index contributed by atoms with van der Waals surface area (Å²) in [4.78, 5) is 24.6. The molecule has 156 valence electrons. The molecule has 0 heterocycles. The third kappa shape index (κ3) is 7.49. The molecule has 0 aliphatic heterocycles. The van der Waals surface area contributed by atoms with Crippen molar-refractivity contribution in [2.45, 2.75) is 46.6 Å². The quantitative estimate of drug-likeness (QED) is 0.615. The van der Waals surface area contributed by atoms with Crippen molar-refractivity contribution in [1.82, 2.24) is 10.9 Å². The zero-order valence-corrected chi connectivity index (χ0v) is 17.5. The van der Waals surface area contributed by atoms with E-state index in [4.69, 9.17) is 9.47 Å². The number of hydrogen-bond donors (Lipinski definition) is 2. The van der Waals surface area contributed by atoms with Crippen LogP contribution in [0.5, 0.6) is 11.5 Å². The summed E-state index contributed by atoms with van der Waals surface area (Å²) in [7, 11) is 0. The van der Waals surface area contributed by atoms with Gasteiger partial charge in [0.25, 0.3) is 11.8 Å². The summed E-state index contributed by atoms with van der Waals surface area (Å²) >= 11 is 0. The Balaban J connectivity index is 1.87.